The van der Waals surface area contributed by atoms with Crippen molar-refractivity contribution >= 4 is 15.0 Å². The molecule has 0 amide bonds. The van der Waals surface area contributed by atoms with Gasteiger partial charge >= 0.3 is 214 Å². The molecule has 3 saturated heterocycles. The van der Waals surface area contributed by atoms with Crippen LogP contribution in [0.1, 0.15) is 36.1 Å². The first-order chi connectivity index (χ1) is 17.0. The summed E-state index contributed by atoms with van der Waals surface area (Å²) in [6, 6.07) is 43.4. The standard InChI is InChI=1S/C32H28O2Se/c1-29-27(31(33-29,23-15-7-3-8-16-23)24-17-9-4-10-18-24)28-30(2,35-29)34-32(28,25-19-11-5-12-20-25)26-21-13-6-14-22-26/h3-22,27-28H,1-2H3. The zero-order chi connectivity index (χ0) is 23.7. The molecule has 35 heavy (non-hydrogen) atoms. The first kappa shape index (κ1) is 21.6. The van der Waals surface area contributed by atoms with Gasteiger partial charge in [-0.3, -0.25) is 0 Å². The van der Waals surface area contributed by atoms with Gasteiger partial charge in [-0.2, -0.15) is 0 Å². The summed E-state index contributed by atoms with van der Waals surface area (Å²) in [4.78, 5) is 0. The van der Waals surface area contributed by atoms with Gasteiger partial charge in [-0.05, 0) is 0 Å². The zero-order valence-corrected chi connectivity index (χ0v) is 21.6. The van der Waals surface area contributed by atoms with Gasteiger partial charge in [0.15, 0.2) is 0 Å². The van der Waals surface area contributed by atoms with Crippen LogP contribution in [0.3, 0.4) is 0 Å². The van der Waals surface area contributed by atoms with Crippen LogP contribution in [0.15, 0.2) is 121 Å². The van der Waals surface area contributed by atoms with Crippen LogP contribution < -0.4 is 0 Å². The van der Waals surface area contributed by atoms with Crippen LogP contribution in [-0.2, 0) is 20.7 Å². The summed E-state index contributed by atoms with van der Waals surface area (Å²) in [5.74, 6) is 0.554. The monoisotopic (exact) mass is 524 g/mol. The number of fused-ring (bicyclic) bond motifs is 3. The Morgan fingerprint density at radius 2 is 0.714 bits per heavy atom. The van der Waals surface area contributed by atoms with Crippen molar-refractivity contribution in [3.63, 3.8) is 0 Å². The van der Waals surface area contributed by atoms with E-state index in [2.05, 4.69) is 135 Å². The fourth-order valence-electron chi connectivity index (χ4n) is 7.19. The van der Waals surface area contributed by atoms with Crippen LogP contribution in [-0.4, -0.2) is 24.0 Å². The van der Waals surface area contributed by atoms with E-state index in [-0.39, 0.29) is 35.8 Å². The molecule has 4 aromatic rings. The SMILES string of the molecule is CC12OC(c3ccccc3)(c3ccccc3)C1C1C(C)(OC1(c1ccccc1)c1ccccc1)[Se]2. The normalized spacial score (nSPS) is 31.5. The van der Waals surface area contributed by atoms with Crippen LogP contribution >= 0.6 is 0 Å². The Labute approximate surface area is 213 Å². The van der Waals surface area contributed by atoms with E-state index in [4.69, 9.17) is 9.47 Å². The van der Waals surface area contributed by atoms with Crippen LogP contribution in [0.2, 0.25) is 0 Å². The van der Waals surface area contributed by atoms with Crippen molar-refractivity contribution in [2.75, 3.05) is 0 Å². The molecule has 7 rings (SSSR count). The van der Waals surface area contributed by atoms with Crippen LogP contribution in [0.25, 0.3) is 0 Å². The van der Waals surface area contributed by atoms with Crippen molar-refractivity contribution in [2.24, 2.45) is 11.8 Å². The summed E-state index contributed by atoms with van der Waals surface area (Å²) in [6.45, 7) is 4.66. The Bertz CT molecular complexity index is 1170. The molecule has 3 aliphatic heterocycles. The molecule has 0 saturated carbocycles. The molecule has 4 atom stereocenters. The number of hydrogen-bond acceptors (Lipinski definition) is 2. The van der Waals surface area contributed by atoms with Crippen molar-refractivity contribution < 1.29 is 9.47 Å². The number of rotatable bonds is 4. The second kappa shape index (κ2) is 7.41. The summed E-state index contributed by atoms with van der Waals surface area (Å²) in [5, 5.41) is 0. The Balaban J connectivity index is 1.48. The number of ether oxygens (including phenoxy) is 2. The van der Waals surface area contributed by atoms with Gasteiger partial charge in [-0.1, -0.05) is 0 Å². The molecule has 0 spiro atoms. The molecule has 3 heterocycles. The van der Waals surface area contributed by atoms with Crippen LogP contribution in [0.4, 0.5) is 0 Å². The fraction of sp³-hybridized carbons (Fsp3) is 0.250. The van der Waals surface area contributed by atoms with Gasteiger partial charge in [-0.25, -0.2) is 0 Å². The van der Waals surface area contributed by atoms with Crippen LogP contribution in [0, 0.1) is 11.8 Å². The van der Waals surface area contributed by atoms with Crippen molar-refractivity contribution in [3.8, 4) is 0 Å². The van der Waals surface area contributed by atoms with Gasteiger partial charge in [0.2, 0.25) is 0 Å². The summed E-state index contributed by atoms with van der Waals surface area (Å²) >= 11 is 0.162. The maximum atomic E-state index is 7.17. The fourth-order valence-corrected chi connectivity index (χ4v) is 11.4. The average Bonchev–Trinajstić information content (AvgIpc) is 3.05. The molecule has 0 aliphatic carbocycles. The minimum absolute atomic E-state index is 0.162. The van der Waals surface area contributed by atoms with E-state index in [0.29, 0.717) is 0 Å². The van der Waals surface area contributed by atoms with Gasteiger partial charge < -0.3 is 0 Å². The summed E-state index contributed by atoms with van der Waals surface area (Å²) in [7, 11) is 0. The predicted molar refractivity (Wildman–Crippen MR) is 139 cm³/mol. The van der Waals surface area contributed by atoms with Gasteiger partial charge in [0, 0.05) is 0 Å². The molecule has 4 unspecified atom stereocenters. The van der Waals surface area contributed by atoms with Crippen molar-refractivity contribution in [1.29, 1.82) is 0 Å². The molecule has 0 N–H and O–H groups in total. The minimum atomic E-state index is -0.500. The molecular weight excluding hydrogens is 495 g/mol. The average molecular weight is 524 g/mol. The third-order valence-electron chi connectivity index (χ3n) is 8.28. The van der Waals surface area contributed by atoms with E-state index < -0.39 is 11.2 Å². The first-order valence-electron chi connectivity index (χ1n) is 12.4. The maximum absolute atomic E-state index is 7.17. The molecule has 3 heteroatoms. The Morgan fingerprint density at radius 1 is 0.457 bits per heavy atom. The summed E-state index contributed by atoms with van der Waals surface area (Å²) in [6.07, 6.45) is 0. The summed E-state index contributed by atoms with van der Waals surface area (Å²) < 4.78 is 13.9. The Morgan fingerprint density at radius 3 is 0.971 bits per heavy atom. The zero-order valence-electron chi connectivity index (χ0n) is 19.9. The van der Waals surface area contributed by atoms with Crippen molar-refractivity contribution in [3.05, 3.63) is 144 Å². The molecule has 174 valence electrons. The molecule has 3 fully saturated rings. The Kier molecular flexibility index (Phi) is 4.57. The van der Waals surface area contributed by atoms with Crippen molar-refractivity contribution in [1.82, 2.24) is 0 Å². The number of hydrogen-bond donors (Lipinski definition) is 0. The molecular formula is C32H28O2Se. The van der Waals surface area contributed by atoms with E-state index in [9.17, 15) is 0 Å². The van der Waals surface area contributed by atoms with Crippen LogP contribution in [0.5, 0.6) is 0 Å². The van der Waals surface area contributed by atoms with E-state index in [1.807, 2.05) is 0 Å². The van der Waals surface area contributed by atoms with E-state index in [1.165, 1.54) is 22.3 Å². The third-order valence-corrected chi connectivity index (χ3v) is 11.4. The second-order valence-electron chi connectivity index (χ2n) is 10.2. The molecule has 0 radical (unpaired) electrons. The third kappa shape index (κ3) is 2.73. The first-order valence-corrected chi connectivity index (χ1v) is 14.1. The van der Waals surface area contributed by atoms with E-state index in [1.54, 1.807) is 0 Å². The molecule has 0 aromatic heterocycles. The van der Waals surface area contributed by atoms with Crippen molar-refractivity contribution in [2.45, 2.75) is 34.0 Å². The van der Waals surface area contributed by atoms with E-state index in [0.717, 1.165) is 0 Å². The molecule has 0 bridgehead atoms. The predicted octanol–water partition coefficient (Wildman–Crippen LogP) is 6.32. The Hall–Kier alpha value is -2.68. The molecule has 4 aromatic carbocycles. The second-order valence-corrected chi connectivity index (χ2v) is 14.1. The summed E-state index contributed by atoms with van der Waals surface area (Å²) in [5.41, 5.74) is 3.93. The number of benzene rings is 4. The van der Waals surface area contributed by atoms with E-state index >= 15 is 0 Å². The van der Waals surface area contributed by atoms with Gasteiger partial charge in [0.25, 0.3) is 0 Å². The van der Waals surface area contributed by atoms with Gasteiger partial charge in [-0.15, -0.1) is 0 Å². The molecule has 2 nitrogen and oxygen atoms in total. The van der Waals surface area contributed by atoms with Gasteiger partial charge in [0.1, 0.15) is 0 Å². The quantitative estimate of drug-likeness (QED) is 0.292. The van der Waals surface area contributed by atoms with Gasteiger partial charge in [0.05, 0.1) is 0 Å². The molecule has 3 aliphatic rings. The topological polar surface area (TPSA) is 18.5 Å².